The molecule has 29 heavy (non-hydrogen) atoms. The molecule has 7 heteroatoms. The van der Waals surface area contributed by atoms with Crippen LogP contribution in [0.25, 0.3) is 10.9 Å². The molecule has 0 saturated carbocycles. The normalized spacial score (nSPS) is 10.8. The lowest BCUT2D eigenvalue weighted by molar-refractivity contribution is -0.121. The van der Waals surface area contributed by atoms with Gasteiger partial charge in [-0.2, -0.15) is 0 Å². The topological polar surface area (TPSA) is 74.0 Å². The number of benzene rings is 2. The summed E-state index contributed by atoms with van der Waals surface area (Å²) in [5.41, 5.74) is 7.47. The molecule has 0 saturated heterocycles. The number of hydrogen-bond acceptors (Lipinski definition) is 4. The van der Waals surface area contributed by atoms with Crippen LogP contribution in [0.3, 0.4) is 0 Å². The van der Waals surface area contributed by atoms with Crippen molar-refractivity contribution in [2.75, 3.05) is 0 Å². The van der Waals surface area contributed by atoms with E-state index in [1.165, 1.54) is 4.88 Å². The molecule has 4 aromatic rings. The van der Waals surface area contributed by atoms with Gasteiger partial charge >= 0.3 is 0 Å². The summed E-state index contributed by atoms with van der Waals surface area (Å²) in [5, 5.41) is 3.04. The van der Waals surface area contributed by atoms with Crippen molar-refractivity contribution < 1.29 is 9.59 Å². The Kier molecular flexibility index (Phi) is 5.97. The minimum atomic E-state index is -0.327. The first kappa shape index (κ1) is 19.3. The second-order valence-electron chi connectivity index (χ2n) is 6.40. The van der Waals surface area contributed by atoms with E-state index in [0.29, 0.717) is 5.56 Å². The molecule has 0 unspecified atom stereocenters. The highest BCUT2D eigenvalue weighted by molar-refractivity contribution is 7.98. The maximum absolute atomic E-state index is 12.6. The van der Waals surface area contributed by atoms with Crippen molar-refractivity contribution in [3.05, 3.63) is 88.2 Å². The first-order valence-electron chi connectivity index (χ1n) is 9.09. The van der Waals surface area contributed by atoms with Crippen LogP contribution >= 0.6 is 23.1 Å². The third-order valence-electron chi connectivity index (χ3n) is 4.42. The van der Waals surface area contributed by atoms with Crippen LogP contribution in [0, 0.1) is 0 Å². The van der Waals surface area contributed by atoms with Gasteiger partial charge in [0, 0.05) is 32.6 Å². The average Bonchev–Trinajstić information content (AvgIpc) is 3.41. The third kappa shape index (κ3) is 4.70. The highest BCUT2D eigenvalue weighted by Gasteiger charge is 2.14. The minimum Gasteiger partial charge on any atom is -0.361 e. The van der Waals surface area contributed by atoms with E-state index < -0.39 is 0 Å². The Morgan fingerprint density at radius 2 is 1.79 bits per heavy atom. The molecule has 0 aliphatic carbocycles. The molecular weight excluding hydrogens is 402 g/mol. The van der Waals surface area contributed by atoms with E-state index in [4.69, 9.17) is 0 Å². The van der Waals surface area contributed by atoms with Gasteiger partial charge in [-0.1, -0.05) is 36.4 Å². The van der Waals surface area contributed by atoms with E-state index in [9.17, 15) is 9.59 Å². The second-order valence-corrected chi connectivity index (χ2v) is 8.45. The van der Waals surface area contributed by atoms with E-state index in [1.54, 1.807) is 29.2 Å². The molecule has 4 rings (SSSR count). The number of fused-ring (bicyclic) bond motifs is 1. The van der Waals surface area contributed by atoms with Crippen LogP contribution in [-0.4, -0.2) is 16.8 Å². The van der Waals surface area contributed by atoms with Gasteiger partial charge in [0.25, 0.3) is 5.91 Å². The fourth-order valence-electron chi connectivity index (χ4n) is 3.01. The molecule has 2 aromatic carbocycles. The zero-order valence-corrected chi connectivity index (χ0v) is 17.1. The molecule has 0 atom stereocenters. The molecule has 2 aromatic heterocycles. The highest BCUT2D eigenvalue weighted by atomic mass is 32.2. The maximum Gasteiger partial charge on any atom is 0.270 e. The zero-order chi connectivity index (χ0) is 20.1. The van der Waals surface area contributed by atoms with E-state index >= 15 is 0 Å². The number of hydrogen-bond donors (Lipinski definition) is 3. The largest absolute Gasteiger partial charge is 0.361 e. The first-order chi connectivity index (χ1) is 14.2. The van der Waals surface area contributed by atoms with Gasteiger partial charge < -0.3 is 4.98 Å². The van der Waals surface area contributed by atoms with Gasteiger partial charge in [0.2, 0.25) is 5.91 Å². The van der Waals surface area contributed by atoms with Gasteiger partial charge in [-0.15, -0.1) is 23.1 Å². The van der Waals surface area contributed by atoms with Crippen molar-refractivity contribution in [3.63, 3.8) is 0 Å². The van der Waals surface area contributed by atoms with Crippen molar-refractivity contribution in [1.82, 2.24) is 15.8 Å². The van der Waals surface area contributed by atoms with Crippen LogP contribution in [0.5, 0.6) is 0 Å². The fourth-order valence-corrected chi connectivity index (χ4v) is 4.84. The van der Waals surface area contributed by atoms with Crippen LogP contribution in [0.4, 0.5) is 0 Å². The molecule has 0 fully saturated rings. The number of thiophene rings is 1. The van der Waals surface area contributed by atoms with Crippen molar-refractivity contribution in [3.8, 4) is 0 Å². The Morgan fingerprint density at radius 3 is 2.66 bits per heavy atom. The van der Waals surface area contributed by atoms with Crippen LogP contribution in [0.15, 0.2) is 77.1 Å². The van der Waals surface area contributed by atoms with E-state index in [2.05, 4.69) is 21.9 Å². The Labute approximate surface area is 176 Å². The Morgan fingerprint density at radius 1 is 0.966 bits per heavy atom. The number of aromatic amines is 1. The van der Waals surface area contributed by atoms with Crippen LogP contribution < -0.4 is 10.9 Å². The van der Waals surface area contributed by atoms with Gasteiger partial charge in [-0.3, -0.25) is 20.4 Å². The number of carbonyl (C=O) groups excluding carboxylic acids is 2. The number of para-hydroxylation sites is 1. The van der Waals surface area contributed by atoms with E-state index in [-0.39, 0.29) is 18.2 Å². The minimum absolute atomic E-state index is 0.180. The number of carbonyl (C=O) groups is 2. The average molecular weight is 422 g/mol. The number of amides is 2. The highest BCUT2D eigenvalue weighted by Crippen LogP contribution is 2.27. The molecular formula is C22H19N3O2S2. The molecule has 5 nitrogen and oxygen atoms in total. The molecule has 2 amide bonds. The lowest BCUT2D eigenvalue weighted by Gasteiger charge is -2.10. The van der Waals surface area contributed by atoms with Gasteiger partial charge in [0.15, 0.2) is 0 Å². The second kappa shape index (κ2) is 8.98. The standard InChI is InChI=1S/C22H19N3O2S2/c26-21(12-15-13-23-19-9-3-1-7-17(15)19)24-25-22(27)18-8-2-4-10-20(18)29-14-16-6-5-11-28-16/h1-11,13,23H,12,14H2,(H,24,26)(H,25,27). The van der Waals surface area contributed by atoms with Crippen molar-refractivity contribution in [2.45, 2.75) is 17.1 Å². The summed E-state index contributed by atoms with van der Waals surface area (Å²) >= 11 is 3.30. The lowest BCUT2D eigenvalue weighted by atomic mass is 10.1. The maximum atomic E-state index is 12.6. The molecule has 2 heterocycles. The third-order valence-corrected chi connectivity index (χ3v) is 6.60. The van der Waals surface area contributed by atoms with Crippen LogP contribution in [0.2, 0.25) is 0 Å². The Hall–Kier alpha value is -3.03. The SMILES string of the molecule is O=C(Cc1c[nH]c2ccccc12)NNC(=O)c1ccccc1SCc1cccs1. The summed E-state index contributed by atoms with van der Waals surface area (Å²) in [7, 11) is 0. The summed E-state index contributed by atoms with van der Waals surface area (Å²) in [6.45, 7) is 0. The quantitative estimate of drug-likeness (QED) is 0.316. The molecule has 0 spiro atoms. The lowest BCUT2D eigenvalue weighted by Crippen LogP contribution is -2.42. The smallest absolute Gasteiger partial charge is 0.270 e. The molecule has 0 aliphatic rings. The fraction of sp³-hybridized carbons (Fsp3) is 0.0909. The van der Waals surface area contributed by atoms with Crippen LogP contribution in [0.1, 0.15) is 20.8 Å². The number of hydrazine groups is 1. The molecule has 0 bridgehead atoms. The summed E-state index contributed by atoms with van der Waals surface area (Å²) < 4.78 is 0. The predicted molar refractivity (Wildman–Crippen MR) is 118 cm³/mol. The summed E-state index contributed by atoms with van der Waals surface area (Å²) in [4.78, 5) is 30.2. The number of H-pyrrole nitrogens is 1. The predicted octanol–water partition coefficient (Wildman–Crippen LogP) is 4.53. The number of nitrogens with one attached hydrogen (secondary N) is 3. The monoisotopic (exact) mass is 421 g/mol. The van der Waals surface area contributed by atoms with Crippen LogP contribution in [-0.2, 0) is 17.0 Å². The summed E-state index contributed by atoms with van der Waals surface area (Å²) in [6.07, 6.45) is 2.00. The van der Waals surface area contributed by atoms with Crippen molar-refractivity contribution in [1.29, 1.82) is 0 Å². The first-order valence-corrected chi connectivity index (χ1v) is 11.0. The van der Waals surface area contributed by atoms with Gasteiger partial charge in [0.1, 0.15) is 0 Å². The molecule has 146 valence electrons. The van der Waals surface area contributed by atoms with Gasteiger partial charge in [0.05, 0.1) is 12.0 Å². The summed E-state index contributed by atoms with van der Waals surface area (Å²) in [5.74, 6) is 0.202. The molecule has 0 aliphatic heterocycles. The van der Waals surface area contributed by atoms with E-state index in [1.807, 2.05) is 60.1 Å². The van der Waals surface area contributed by atoms with Gasteiger partial charge in [-0.25, -0.2) is 0 Å². The number of thioether (sulfide) groups is 1. The zero-order valence-electron chi connectivity index (χ0n) is 15.5. The van der Waals surface area contributed by atoms with E-state index in [0.717, 1.165) is 27.1 Å². The molecule has 3 N–H and O–H groups in total. The Bertz CT molecular complexity index is 1140. The summed E-state index contributed by atoms with van der Waals surface area (Å²) in [6, 6.07) is 19.3. The number of rotatable bonds is 6. The van der Waals surface area contributed by atoms with Crippen molar-refractivity contribution >= 4 is 45.8 Å². The number of aromatic nitrogens is 1. The van der Waals surface area contributed by atoms with Gasteiger partial charge in [-0.05, 0) is 35.2 Å². The van der Waals surface area contributed by atoms with Crippen molar-refractivity contribution in [2.24, 2.45) is 0 Å². The Balaban J connectivity index is 1.36. The molecule has 0 radical (unpaired) electrons.